The van der Waals surface area contributed by atoms with E-state index >= 15 is 0 Å². The lowest BCUT2D eigenvalue weighted by atomic mass is 10.1. The maximum atomic E-state index is 13.3. The Morgan fingerprint density at radius 1 is 1.00 bits per heavy atom. The first-order valence-electron chi connectivity index (χ1n) is 9.77. The highest BCUT2D eigenvalue weighted by atomic mass is 35.5. The molecule has 1 aliphatic rings. The number of ether oxygens (including phenoxy) is 2. The summed E-state index contributed by atoms with van der Waals surface area (Å²) in [6.45, 7) is -0.127. The summed E-state index contributed by atoms with van der Waals surface area (Å²) in [6, 6.07) is 14.8. The zero-order chi connectivity index (χ0) is 22.2. The summed E-state index contributed by atoms with van der Waals surface area (Å²) in [5.74, 6) is 0.863. The number of nitrogens with zero attached hydrogens (tertiary/aromatic N) is 3. The smallest absolute Gasteiger partial charge is 0.332 e. The minimum absolute atomic E-state index is 0.00401. The number of carbonyl (C=O) groups excluding carboxylic acids is 1. The van der Waals surface area contributed by atoms with Crippen molar-refractivity contribution in [3.05, 3.63) is 97.8 Å². The maximum absolute atomic E-state index is 13.3. The summed E-state index contributed by atoms with van der Waals surface area (Å²) in [5.41, 5.74) is 0.364. The third-order valence-corrected chi connectivity index (χ3v) is 5.48. The number of aromatic nitrogens is 3. The number of halogens is 1. The Morgan fingerprint density at radius 2 is 1.78 bits per heavy atom. The molecule has 0 amide bonds. The number of hydrogen-bond acceptors (Lipinski definition) is 6. The van der Waals surface area contributed by atoms with E-state index in [0.717, 1.165) is 4.57 Å². The molecule has 0 aliphatic carbocycles. The summed E-state index contributed by atoms with van der Waals surface area (Å²) < 4.78 is 13.0. The van der Waals surface area contributed by atoms with Gasteiger partial charge in [-0.05, 0) is 54.1 Å². The Kier molecular flexibility index (Phi) is 4.99. The second-order valence-electron chi connectivity index (χ2n) is 7.25. The van der Waals surface area contributed by atoms with Crippen LogP contribution in [0.4, 0.5) is 0 Å². The van der Waals surface area contributed by atoms with E-state index in [9.17, 15) is 14.4 Å². The number of pyridine rings is 1. The van der Waals surface area contributed by atoms with Gasteiger partial charge in [0.05, 0.1) is 18.6 Å². The van der Waals surface area contributed by atoms with Crippen molar-refractivity contribution in [2.24, 2.45) is 0 Å². The van der Waals surface area contributed by atoms with Gasteiger partial charge in [-0.3, -0.25) is 18.7 Å². The van der Waals surface area contributed by atoms with E-state index in [1.165, 1.54) is 10.8 Å². The molecule has 5 rings (SSSR count). The Balaban J connectivity index is 1.60. The maximum Gasteiger partial charge on any atom is 0.332 e. The van der Waals surface area contributed by atoms with Gasteiger partial charge in [-0.2, -0.15) is 0 Å². The van der Waals surface area contributed by atoms with Gasteiger partial charge >= 0.3 is 5.69 Å². The molecule has 0 bridgehead atoms. The Labute approximate surface area is 186 Å². The number of benzene rings is 2. The van der Waals surface area contributed by atoms with E-state index < -0.39 is 11.2 Å². The highest BCUT2D eigenvalue weighted by Gasteiger charge is 2.19. The van der Waals surface area contributed by atoms with Crippen LogP contribution in [0.25, 0.3) is 11.0 Å². The van der Waals surface area contributed by atoms with Gasteiger partial charge in [-0.15, -0.1) is 0 Å². The van der Waals surface area contributed by atoms with Crippen LogP contribution < -0.4 is 20.7 Å². The molecule has 2 aromatic heterocycles. The first-order chi connectivity index (χ1) is 15.5. The standard InChI is InChI=1S/C23H16ClN3O5/c24-16-6-4-15(5-7-16)18(28)12-26-17-2-1-9-25-21(17)22(29)27(23(26)30)11-14-3-8-19-20(10-14)32-13-31-19/h1-10H,11-13H2. The number of hydrogen-bond donors (Lipinski definition) is 0. The average Bonchev–Trinajstić information content (AvgIpc) is 3.28. The predicted octanol–water partition coefficient (Wildman–Crippen LogP) is 2.87. The van der Waals surface area contributed by atoms with Gasteiger partial charge in [0.15, 0.2) is 22.8 Å². The number of ketones is 1. The van der Waals surface area contributed by atoms with Crippen molar-refractivity contribution < 1.29 is 14.3 Å². The minimum Gasteiger partial charge on any atom is -0.454 e. The third-order valence-electron chi connectivity index (χ3n) is 5.23. The molecule has 160 valence electrons. The lowest BCUT2D eigenvalue weighted by Crippen LogP contribution is -2.41. The molecule has 0 spiro atoms. The molecular weight excluding hydrogens is 434 g/mol. The van der Waals surface area contributed by atoms with Crippen molar-refractivity contribution in [3.63, 3.8) is 0 Å². The van der Waals surface area contributed by atoms with Gasteiger partial charge in [0.1, 0.15) is 0 Å². The molecule has 32 heavy (non-hydrogen) atoms. The van der Waals surface area contributed by atoms with Crippen molar-refractivity contribution >= 4 is 28.4 Å². The van der Waals surface area contributed by atoms with Gasteiger partial charge in [0.2, 0.25) is 6.79 Å². The summed E-state index contributed by atoms with van der Waals surface area (Å²) >= 11 is 5.90. The van der Waals surface area contributed by atoms with Gasteiger partial charge in [-0.1, -0.05) is 17.7 Å². The lowest BCUT2D eigenvalue weighted by Gasteiger charge is -2.13. The highest BCUT2D eigenvalue weighted by Crippen LogP contribution is 2.32. The summed E-state index contributed by atoms with van der Waals surface area (Å²) in [7, 11) is 0. The second kappa shape index (κ2) is 7.97. The topological polar surface area (TPSA) is 92.4 Å². The van der Waals surface area contributed by atoms with Gasteiger partial charge in [0.25, 0.3) is 5.56 Å². The fourth-order valence-electron chi connectivity index (χ4n) is 3.63. The molecule has 3 heterocycles. The van der Waals surface area contributed by atoms with Crippen molar-refractivity contribution in [1.29, 1.82) is 0 Å². The molecule has 0 N–H and O–H groups in total. The first-order valence-corrected chi connectivity index (χ1v) is 10.1. The average molecular weight is 450 g/mol. The van der Waals surface area contributed by atoms with E-state index in [1.54, 1.807) is 54.6 Å². The highest BCUT2D eigenvalue weighted by molar-refractivity contribution is 6.30. The van der Waals surface area contributed by atoms with Gasteiger partial charge < -0.3 is 9.47 Å². The molecule has 0 saturated carbocycles. The molecular formula is C23H16ClN3O5. The van der Waals surface area contributed by atoms with Crippen LogP contribution in [0.2, 0.25) is 5.02 Å². The van der Waals surface area contributed by atoms with Crippen molar-refractivity contribution in [1.82, 2.24) is 14.1 Å². The molecule has 2 aromatic carbocycles. The molecule has 0 atom stereocenters. The number of Topliss-reactive ketones (excluding diaryl/α,β-unsaturated/α-hetero) is 1. The number of carbonyl (C=O) groups is 1. The molecule has 9 heteroatoms. The molecule has 0 radical (unpaired) electrons. The van der Waals surface area contributed by atoms with E-state index in [2.05, 4.69) is 4.98 Å². The monoisotopic (exact) mass is 449 g/mol. The molecule has 1 aliphatic heterocycles. The van der Waals surface area contributed by atoms with Crippen molar-refractivity contribution in [2.75, 3.05) is 6.79 Å². The summed E-state index contributed by atoms with van der Waals surface area (Å²) in [6.07, 6.45) is 1.48. The number of rotatable bonds is 5. The molecule has 0 fully saturated rings. The van der Waals surface area contributed by atoms with Crippen LogP contribution >= 0.6 is 11.6 Å². The zero-order valence-electron chi connectivity index (χ0n) is 16.7. The predicted molar refractivity (Wildman–Crippen MR) is 118 cm³/mol. The summed E-state index contributed by atoms with van der Waals surface area (Å²) in [4.78, 5) is 43.4. The van der Waals surface area contributed by atoms with Gasteiger partial charge in [0, 0.05) is 16.8 Å². The SMILES string of the molecule is O=C(Cn1c(=O)n(Cc2ccc3c(c2)OCO3)c(=O)c2ncccc21)c1ccc(Cl)cc1. The van der Waals surface area contributed by atoms with E-state index in [-0.39, 0.29) is 31.2 Å². The van der Waals surface area contributed by atoms with Crippen LogP contribution in [-0.2, 0) is 13.1 Å². The minimum atomic E-state index is -0.601. The normalized spacial score (nSPS) is 12.3. The Bertz CT molecular complexity index is 1470. The second-order valence-corrected chi connectivity index (χ2v) is 7.69. The van der Waals surface area contributed by atoms with Crippen molar-refractivity contribution in [3.8, 4) is 11.5 Å². The van der Waals surface area contributed by atoms with Crippen LogP contribution in [0.3, 0.4) is 0 Å². The molecule has 0 unspecified atom stereocenters. The number of fused-ring (bicyclic) bond motifs is 2. The van der Waals surface area contributed by atoms with Crippen LogP contribution in [0.5, 0.6) is 11.5 Å². The molecule has 0 saturated heterocycles. The van der Waals surface area contributed by atoms with Crippen LogP contribution in [0.15, 0.2) is 70.4 Å². The fourth-order valence-corrected chi connectivity index (χ4v) is 3.75. The van der Waals surface area contributed by atoms with Gasteiger partial charge in [-0.25, -0.2) is 9.78 Å². The lowest BCUT2D eigenvalue weighted by molar-refractivity contribution is 0.0971. The summed E-state index contributed by atoms with van der Waals surface area (Å²) in [5, 5.41) is 0.505. The Hall–Kier alpha value is -3.91. The Morgan fingerprint density at radius 3 is 2.59 bits per heavy atom. The van der Waals surface area contributed by atoms with Crippen LogP contribution in [0, 0.1) is 0 Å². The van der Waals surface area contributed by atoms with E-state index in [1.807, 2.05) is 0 Å². The quantitative estimate of drug-likeness (QED) is 0.435. The van der Waals surface area contributed by atoms with Crippen LogP contribution in [0.1, 0.15) is 15.9 Å². The largest absolute Gasteiger partial charge is 0.454 e. The van der Waals surface area contributed by atoms with E-state index in [4.69, 9.17) is 21.1 Å². The first kappa shape index (κ1) is 20.0. The third kappa shape index (κ3) is 3.54. The van der Waals surface area contributed by atoms with E-state index in [0.29, 0.717) is 33.2 Å². The van der Waals surface area contributed by atoms with Crippen molar-refractivity contribution in [2.45, 2.75) is 13.1 Å². The molecule has 8 nitrogen and oxygen atoms in total. The molecule has 4 aromatic rings. The van der Waals surface area contributed by atoms with Crippen LogP contribution in [-0.4, -0.2) is 26.7 Å². The zero-order valence-corrected chi connectivity index (χ0v) is 17.4. The fraction of sp³-hybridized carbons (Fsp3) is 0.130.